The summed E-state index contributed by atoms with van der Waals surface area (Å²) in [4.78, 5) is 3.93. The molecule has 1 aliphatic carbocycles. The van der Waals surface area contributed by atoms with Gasteiger partial charge in [-0.05, 0) is 30.0 Å². The first kappa shape index (κ1) is 7.74. The van der Waals surface area contributed by atoms with Crippen LogP contribution in [0.5, 0.6) is 0 Å². The Labute approximate surface area is 72.3 Å². The third-order valence-corrected chi connectivity index (χ3v) is 2.75. The Morgan fingerprint density at radius 2 is 2.25 bits per heavy atom. The van der Waals surface area contributed by atoms with Crippen LogP contribution in [0.4, 0.5) is 0 Å². The third-order valence-electron chi connectivity index (χ3n) is 2.75. The average Bonchev–Trinajstić information content (AvgIpc) is 2.81. The molecule has 0 radical (unpaired) electrons. The number of nitrogens with zero attached hydrogens (tertiary/aromatic N) is 1. The van der Waals surface area contributed by atoms with Crippen LogP contribution in [0.1, 0.15) is 25.3 Å². The van der Waals surface area contributed by atoms with Crippen LogP contribution < -0.4 is 0 Å². The van der Waals surface area contributed by atoms with E-state index in [9.17, 15) is 5.11 Å². The van der Waals surface area contributed by atoms with E-state index in [1.807, 2.05) is 12.1 Å². The van der Waals surface area contributed by atoms with Gasteiger partial charge in [-0.3, -0.25) is 4.98 Å². The lowest BCUT2D eigenvalue weighted by molar-refractivity contribution is 0.130. The summed E-state index contributed by atoms with van der Waals surface area (Å²) in [5.41, 5.74) is 0.488. The molecule has 1 N–H and O–H groups in total. The van der Waals surface area contributed by atoms with E-state index in [2.05, 4.69) is 11.9 Å². The second-order valence-electron chi connectivity index (χ2n) is 3.47. The van der Waals surface area contributed by atoms with Crippen LogP contribution in [0, 0.1) is 5.92 Å². The van der Waals surface area contributed by atoms with Crippen LogP contribution in [0.15, 0.2) is 24.5 Å². The molecule has 1 aromatic heterocycles. The first-order valence-electron chi connectivity index (χ1n) is 4.40. The predicted molar refractivity (Wildman–Crippen MR) is 46.5 cm³/mol. The van der Waals surface area contributed by atoms with Crippen molar-refractivity contribution in [3.8, 4) is 0 Å². The van der Waals surface area contributed by atoms with Gasteiger partial charge in [-0.15, -0.1) is 0 Å². The minimum absolute atomic E-state index is 0.458. The zero-order valence-corrected chi connectivity index (χ0v) is 7.20. The largest absolute Gasteiger partial charge is 0.385 e. The maximum absolute atomic E-state index is 10.0. The molecule has 0 spiro atoms. The van der Waals surface area contributed by atoms with Gasteiger partial charge in [0.15, 0.2) is 0 Å². The highest BCUT2D eigenvalue weighted by atomic mass is 16.3. The van der Waals surface area contributed by atoms with Crippen LogP contribution in [-0.4, -0.2) is 10.1 Å². The predicted octanol–water partition coefficient (Wildman–Crippen LogP) is 1.70. The molecular weight excluding hydrogens is 150 g/mol. The molecule has 1 aliphatic rings. The van der Waals surface area contributed by atoms with Gasteiger partial charge in [0.25, 0.3) is 0 Å². The highest BCUT2D eigenvalue weighted by Crippen LogP contribution is 2.53. The Morgan fingerprint density at radius 1 is 1.58 bits per heavy atom. The Kier molecular flexibility index (Phi) is 1.65. The summed E-state index contributed by atoms with van der Waals surface area (Å²) in [7, 11) is 0. The molecule has 2 rings (SSSR count). The summed E-state index contributed by atoms with van der Waals surface area (Å²) in [6, 6.07) is 3.80. The maximum Gasteiger partial charge on any atom is 0.0930 e. The smallest absolute Gasteiger partial charge is 0.0930 e. The van der Waals surface area contributed by atoms with Gasteiger partial charge in [0.1, 0.15) is 0 Å². The van der Waals surface area contributed by atoms with Crippen molar-refractivity contribution in [1.29, 1.82) is 0 Å². The van der Waals surface area contributed by atoms with Crippen LogP contribution >= 0.6 is 0 Å². The van der Waals surface area contributed by atoms with E-state index in [4.69, 9.17) is 0 Å². The minimum Gasteiger partial charge on any atom is -0.385 e. The fourth-order valence-electron chi connectivity index (χ4n) is 1.79. The molecule has 0 amide bonds. The molecule has 2 unspecified atom stereocenters. The molecule has 2 nitrogen and oxygen atoms in total. The zero-order valence-electron chi connectivity index (χ0n) is 7.20. The Morgan fingerprint density at radius 3 is 2.75 bits per heavy atom. The van der Waals surface area contributed by atoms with Gasteiger partial charge in [0, 0.05) is 12.4 Å². The molecular formula is C10H13NO. The summed E-state index contributed by atoms with van der Waals surface area (Å²) < 4.78 is 0. The van der Waals surface area contributed by atoms with E-state index in [1.54, 1.807) is 12.4 Å². The van der Waals surface area contributed by atoms with Crippen molar-refractivity contribution < 1.29 is 5.11 Å². The van der Waals surface area contributed by atoms with Gasteiger partial charge in [-0.2, -0.15) is 0 Å². The van der Waals surface area contributed by atoms with E-state index < -0.39 is 5.60 Å². The normalized spacial score (nSPS) is 33.3. The van der Waals surface area contributed by atoms with E-state index in [0.717, 1.165) is 18.4 Å². The molecule has 1 aromatic rings. The molecule has 0 saturated heterocycles. The van der Waals surface area contributed by atoms with Gasteiger partial charge < -0.3 is 5.11 Å². The van der Waals surface area contributed by atoms with Crippen LogP contribution in [0.3, 0.4) is 0 Å². The minimum atomic E-state index is -0.530. The lowest BCUT2D eigenvalue weighted by Crippen LogP contribution is -2.07. The topological polar surface area (TPSA) is 33.1 Å². The van der Waals surface area contributed by atoms with Crippen molar-refractivity contribution in [2.45, 2.75) is 25.4 Å². The van der Waals surface area contributed by atoms with E-state index >= 15 is 0 Å². The third kappa shape index (κ3) is 1.03. The highest BCUT2D eigenvalue weighted by Gasteiger charge is 2.52. The molecule has 12 heavy (non-hydrogen) atoms. The lowest BCUT2D eigenvalue weighted by atomic mass is 10.1. The Balaban J connectivity index is 2.23. The molecule has 2 atom stereocenters. The number of rotatable bonds is 2. The van der Waals surface area contributed by atoms with E-state index in [1.165, 1.54) is 0 Å². The van der Waals surface area contributed by atoms with Gasteiger partial charge in [0.2, 0.25) is 0 Å². The first-order valence-corrected chi connectivity index (χ1v) is 4.40. The van der Waals surface area contributed by atoms with Crippen LogP contribution in [0.25, 0.3) is 0 Å². The summed E-state index contributed by atoms with van der Waals surface area (Å²) >= 11 is 0. The molecule has 1 fully saturated rings. The van der Waals surface area contributed by atoms with Crippen LogP contribution in [-0.2, 0) is 5.60 Å². The fraction of sp³-hybridized carbons (Fsp3) is 0.500. The van der Waals surface area contributed by atoms with Gasteiger partial charge in [-0.25, -0.2) is 0 Å². The quantitative estimate of drug-likeness (QED) is 0.719. The van der Waals surface area contributed by atoms with Crippen molar-refractivity contribution in [2.24, 2.45) is 5.92 Å². The van der Waals surface area contributed by atoms with Crippen molar-refractivity contribution >= 4 is 0 Å². The van der Waals surface area contributed by atoms with Gasteiger partial charge in [-0.1, -0.05) is 13.3 Å². The number of aromatic nitrogens is 1. The molecule has 0 aliphatic heterocycles. The second-order valence-corrected chi connectivity index (χ2v) is 3.47. The van der Waals surface area contributed by atoms with Gasteiger partial charge in [0.05, 0.1) is 5.60 Å². The summed E-state index contributed by atoms with van der Waals surface area (Å²) in [6.45, 7) is 2.11. The van der Waals surface area contributed by atoms with Crippen LogP contribution in [0.2, 0.25) is 0 Å². The summed E-state index contributed by atoms with van der Waals surface area (Å²) in [5, 5.41) is 10.0. The van der Waals surface area contributed by atoms with Gasteiger partial charge >= 0.3 is 0 Å². The first-order chi connectivity index (χ1) is 5.77. The Hall–Kier alpha value is -0.890. The molecule has 0 aromatic carbocycles. The van der Waals surface area contributed by atoms with E-state index in [0.29, 0.717) is 5.92 Å². The standard InChI is InChI=1S/C10H13NO/c1-2-8-7-10(8,12)9-3-5-11-6-4-9/h3-6,8,12H,2,7H2,1H3. The van der Waals surface area contributed by atoms with Crippen molar-refractivity contribution in [1.82, 2.24) is 4.98 Å². The van der Waals surface area contributed by atoms with Crippen molar-refractivity contribution in [3.05, 3.63) is 30.1 Å². The number of hydrogen-bond donors (Lipinski definition) is 1. The SMILES string of the molecule is CCC1CC1(O)c1ccncc1. The summed E-state index contributed by atoms with van der Waals surface area (Å²) in [5.74, 6) is 0.458. The molecule has 1 saturated carbocycles. The monoisotopic (exact) mass is 163 g/mol. The molecule has 1 heterocycles. The van der Waals surface area contributed by atoms with E-state index in [-0.39, 0.29) is 0 Å². The number of hydrogen-bond acceptors (Lipinski definition) is 2. The molecule has 2 heteroatoms. The molecule has 0 bridgehead atoms. The lowest BCUT2D eigenvalue weighted by Gasteiger charge is -2.08. The number of pyridine rings is 1. The fourth-order valence-corrected chi connectivity index (χ4v) is 1.79. The Bertz CT molecular complexity index is 272. The summed E-state index contributed by atoms with van der Waals surface area (Å²) in [6.07, 6.45) is 5.43. The van der Waals surface area contributed by atoms with Crippen molar-refractivity contribution in [2.75, 3.05) is 0 Å². The average molecular weight is 163 g/mol. The van der Waals surface area contributed by atoms with Crippen molar-refractivity contribution in [3.63, 3.8) is 0 Å². The maximum atomic E-state index is 10.0. The zero-order chi connectivity index (χ0) is 8.60. The molecule has 64 valence electrons. The second kappa shape index (κ2) is 2.56. The highest BCUT2D eigenvalue weighted by molar-refractivity contribution is 5.27. The number of aliphatic hydroxyl groups is 1.